The second kappa shape index (κ2) is 6.22. The third kappa shape index (κ3) is 4.33. The first-order valence-electron chi connectivity index (χ1n) is 6.15. The Morgan fingerprint density at radius 1 is 1.44 bits per heavy atom. The van der Waals surface area contributed by atoms with Gasteiger partial charge in [0.1, 0.15) is 0 Å². The van der Waals surface area contributed by atoms with Crippen molar-refractivity contribution in [2.45, 2.75) is 51.9 Å². The topological polar surface area (TPSA) is 29.9 Å². The highest BCUT2D eigenvalue weighted by atomic mass is 19.4. The molecule has 1 rings (SSSR count). The van der Waals surface area contributed by atoms with Gasteiger partial charge in [0.15, 0.2) is 0 Å². The second-order valence-electron chi connectivity index (χ2n) is 4.38. The van der Waals surface area contributed by atoms with Crippen molar-refractivity contribution >= 4 is 0 Å². The summed E-state index contributed by atoms with van der Waals surface area (Å²) >= 11 is 0. The highest BCUT2D eigenvalue weighted by Gasteiger charge is 2.27. The second-order valence-corrected chi connectivity index (χ2v) is 4.38. The molecule has 0 fully saturated rings. The first-order chi connectivity index (χ1) is 8.37. The van der Waals surface area contributed by atoms with E-state index >= 15 is 0 Å². The highest BCUT2D eigenvalue weighted by molar-refractivity contribution is 5.13. The van der Waals surface area contributed by atoms with Crippen molar-refractivity contribution in [1.29, 1.82) is 0 Å². The minimum absolute atomic E-state index is 0.0755. The van der Waals surface area contributed by atoms with Crippen LogP contribution in [0.3, 0.4) is 0 Å². The largest absolute Gasteiger partial charge is 0.389 e. The van der Waals surface area contributed by atoms with Crippen molar-refractivity contribution in [1.82, 2.24) is 15.1 Å². The van der Waals surface area contributed by atoms with E-state index in [1.54, 1.807) is 7.05 Å². The number of alkyl halides is 3. The summed E-state index contributed by atoms with van der Waals surface area (Å²) in [5.74, 6) is 0. The van der Waals surface area contributed by atoms with E-state index < -0.39 is 12.6 Å². The van der Waals surface area contributed by atoms with Crippen molar-refractivity contribution < 1.29 is 13.2 Å². The summed E-state index contributed by atoms with van der Waals surface area (Å²) < 4.78 is 38.2. The first-order valence-corrected chi connectivity index (χ1v) is 6.15. The van der Waals surface area contributed by atoms with E-state index in [1.165, 1.54) is 0 Å². The fourth-order valence-electron chi connectivity index (χ4n) is 2.05. The molecule has 0 aliphatic heterocycles. The molecule has 0 aliphatic carbocycles. The summed E-state index contributed by atoms with van der Waals surface area (Å²) in [5, 5.41) is 7.37. The number of halogens is 3. The van der Waals surface area contributed by atoms with E-state index in [1.807, 2.05) is 24.6 Å². The number of aromatic nitrogens is 2. The number of nitrogens with zero attached hydrogens (tertiary/aromatic N) is 2. The van der Waals surface area contributed by atoms with E-state index in [-0.39, 0.29) is 12.5 Å². The van der Waals surface area contributed by atoms with Crippen LogP contribution in [0, 0.1) is 6.92 Å². The van der Waals surface area contributed by atoms with Crippen LogP contribution < -0.4 is 5.32 Å². The van der Waals surface area contributed by atoms with Crippen molar-refractivity contribution in [3.05, 3.63) is 17.5 Å². The van der Waals surface area contributed by atoms with Crippen LogP contribution in [-0.4, -0.2) is 23.0 Å². The molecule has 1 heterocycles. The smallest absolute Gasteiger partial charge is 0.312 e. The predicted octanol–water partition coefficient (Wildman–Crippen LogP) is 3.20. The first kappa shape index (κ1) is 15.0. The maximum atomic E-state index is 12.1. The summed E-state index contributed by atoms with van der Waals surface area (Å²) in [6.45, 7) is 4.58. The fourth-order valence-corrected chi connectivity index (χ4v) is 2.05. The van der Waals surface area contributed by atoms with Crippen LogP contribution in [0.5, 0.6) is 0 Å². The quantitative estimate of drug-likeness (QED) is 0.854. The molecule has 0 saturated carbocycles. The van der Waals surface area contributed by atoms with Crippen molar-refractivity contribution in [2.75, 3.05) is 7.05 Å². The number of nitrogens with one attached hydrogen (secondary N) is 1. The molecule has 0 saturated heterocycles. The fraction of sp³-hybridized carbons (Fsp3) is 0.750. The highest BCUT2D eigenvalue weighted by Crippen LogP contribution is 2.26. The van der Waals surface area contributed by atoms with Gasteiger partial charge in [0.25, 0.3) is 0 Å². The van der Waals surface area contributed by atoms with Crippen molar-refractivity contribution in [3.8, 4) is 0 Å². The van der Waals surface area contributed by atoms with Crippen LogP contribution in [-0.2, 0) is 6.54 Å². The van der Waals surface area contributed by atoms with Gasteiger partial charge >= 0.3 is 6.18 Å². The molecule has 1 aromatic rings. The summed E-state index contributed by atoms with van der Waals surface area (Å²) in [6, 6.07) is 1.85. The van der Waals surface area contributed by atoms with Crippen LogP contribution in [0.1, 0.15) is 43.6 Å². The van der Waals surface area contributed by atoms with E-state index in [2.05, 4.69) is 10.4 Å². The molecule has 0 radical (unpaired) electrons. The minimum atomic E-state index is -4.07. The summed E-state index contributed by atoms with van der Waals surface area (Å²) in [6.07, 6.45) is -4.21. The maximum Gasteiger partial charge on any atom is 0.389 e. The SMILES string of the molecule is CCn1nc(C)cc1C(CCCC(F)(F)F)NC. The van der Waals surface area contributed by atoms with Gasteiger partial charge in [0.2, 0.25) is 0 Å². The van der Waals surface area contributed by atoms with Gasteiger partial charge in [-0.1, -0.05) is 0 Å². The van der Waals surface area contributed by atoms with E-state index in [4.69, 9.17) is 0 Å². The van der Waals surface area contributed by atoms with Gasteiger partial charge in [-0.2, -0.15) is 18.3 Å². The van der Waals surface area contributed by atoms with Gasteiger partial charge in [-0.15, -0.1) is 0 Å². The molecule has 0 aromatic carbocycles. The molecular formula is C12H20F3N3. The Bertz CT molecular complexity index is 371. The molecule has 1 N–H and O–H groups in total. The molecule has 0 amide bonds. The Hall–Kier alpha value is -1.04. The number of rotatable bonds is 6. The lowest BCUT2D eigenvalue weighted by atomic mass is 10.1. The van der Waals surface area contributed by atoms with Gasteiger partial charge in [-0.3, -0.25) is 4.68 Å². The summed E-state index contributed by atoms with van der Waals surface area (Å²) in [4.78, 5) is 0. The van der Waals surface area contributed by atoms with Crippen LogP contribution >= 0.6 is 0 Å². The van der Waals surface area contributed by atoms with E-state index in [0.29, 0.717) is 6.42 Å². The van der Waals surface area contributed by atoms with Crippen LogP contribution in [0.25, 0.3) is 0 Å². The monoisotopic (exact) mass is 263 g/mol. The molecule has 0 spiro atoms. The van der Waals surface area contributed by atoms with Crippen LogP contribution in [0.4, 0.5) is 13.2 Å². The number of aryl methyl sites for hydroxylation is 2. The lowest BCUT2D eigenvalue weighted by Crippen LogP contribution is -2.21. The van der Waals surface area contributed by atoms with Gasteiger partial charge < -0.3 is 5.32 Å². The zero-order valence-electron chi connectivity index (χ0n) is 11.0. The third-order valence-corrected chi connectivity index (χ3v) is 2.89. The molecule has 1 aromatic heterocycles. The van der Waals surface area contributed by atoms with Gasteiger partial charge in [0.05, 0.1) is 11.4 Å². The normalized spacial score (nSPS) is 13.9. The average molecular weight is 263 g/mol. The number of hydrogen-bond donors (Lipinski definition) is 1. The van der Waals surface area contributed by atoms with E-state index in [9.17, 15) is 13.2 Å². The lowest BCUT2D eigenvalue weighted by Gasteiger charge is -2.17. The molecule has 104 valence electrons. The van der Waals surface area contributed by atoms with Crippen molar-refractivity contribution in [2.24, 2.45) is 0 Å². The third-order valence-electron chi connectivity index (χ3n) is 2.89. The Morgan fingerprint density at radius 2 is 2.11 bits per heavy atom. The van der Waals surface area contributed by atoms with Crippen molar-refractivity contribution in [3.63, 3.8) is 0 Å². The summed E-state index contributed by atoms with van der Waals surface area (Å²) in [5.41, 5.74) is 1.85. The zero-order chi connectivity index (χ0) is 13.8. The maximum absolute atomic E-state index is 12.1. The minimum Gasteiger partial charge on any atom is -0.312 e. The summed E-state index contributed by atoms with van der Waals surface area (Å²) in [7, 11) is 1.76. The Kier molecular flexibility index (Phi) is 5.19. The molecule has 0 aliphatic rings. The average Bonchev–Trinajstić information content (AvgIpc) is 2.64. The Morgan fingerprint density at radius 3 is 2.61 bits per heavy atom. The molecule has 0 bridgehead atoms. The molecule has 18 heavy (non-hydrogen) atoms. The zero-order valence-corrected chi connectivity index (χ0v) is 11.0. The van der Waals surface area contributed by atoms with Crippen LogP contribution in [0.15, 0.2) is 6.07 Å². The molecule has 3 nitrogen and oxygen atoms in total. The van der Waals surface area contributed by atoms with Crippen LogP contribution in [0.2, 0.25) is 0 Å². The lowest BCUT2D eigenvalue weighted by molar-refractivity contribution is -0.135. The molecule has 1 unspecified atom stereocenters. The molecular weight excluding hydrogens is 243 g/mol. The Balaban J connectivity index is 2.65. The molecule has 1 atom stereocenters. The van der Waals surface area contributed by atoms with Gasteiger partial charge in [0, 0.05) is 19.0 Å². The standard InChI is InChI=1S/C12H20F3N3/c1-4-18-11(8-9(2)17-18)10(16-3)6-5-7-12(13,14)15/h8,10,16H,4-7H2,1-3H3. The van der Waals surface area contributed by atoms with E-state index in [0.717, 1.165) is 17.9 Å². The van der Waals surface area contributed by atoms with Gasteiger partial charge in [-0.25, -0.2) is 0 Å². The molecule has 6 heteroatoms. The van der Waals surface area contributed by atoms with Gasteiger partial charge in [-0.05, 0) is 39.8 Å². The Labute approximate surface area is 105 Å². The number of hydrogen-bond acceptors (Lipinski definition) is 2. The predicted molar refractivity (Wildman–Crippen MR) is 64.3 cm³/mol.